The van der Waals surface area contributed by atoms with Crippen molar-refractivity contribution in [3.8, 4) is 0 Å². The van der Waals surface area contributed by atoms with Crippen LogP contribution in [0, 0.1) is 0 Å². The number of aliphatic imine (C=N–C) groups is 1. The average Bonchev–Trinajstić information content (AvgIpc) is 2.67. The van der Waals surface area contributed by atoms with Crippen LogP contribution in [0.15, 0.2) is 4.99 Å². The van der Waals surface area contributed by atoms with Gasteiger partial charge in [-0.1, -0.05) is 0 Å². The minimum absolute atomic E-state index is 0.380. The highest BCUT2D eigenvalue weighted by Crippen LogP contribution is 2.10. The van der Waals surface area contributed by atoms with Crippen LogP contribution in [-0.2, 0) is 14.2 Å². The fraction of sp³-hybridized carbons (Fsp3) is 0.944. The molecule has 2 rings (SSSR count). The van der Waals surface area contributed by atoms with Crippen molar-refractivity contribution in [1.82, 2.24) is 15.5 Å². The molecule has 2 N–H and O–H groups in total. The molecule has 7 heteroatoms. The van der Waals surface area contributed by atoms with Gasteiger partial charge in [0.25, 0.3) is 0 Å². The predicted octanol–water partition coefficient (Wildman–Crippen LogP) is 0.848. The van der Waals surface area contributed by atoms with Gasteiger partial charge in [0.1, 0.15) is 0 Å². The van der Waals surface area contributed by atoms with Crippen LogP contribution in [0.5, 0.6) is 0 Å². The molecule has 146 valence electrons. The summed E-state index contributed by atoms with van der Waals surface area (Å²) in [6.07, 6.45) is 3.42. The largest absolute Gasteiger partial charge is 0.381 e. The topological polar surface area (TPSA) is 67.4 Å². The molecule has 2 saturated heterocycles. The summed E-state index contributed by atoms with van der Waals surface area (Å²) in [5.74, 6) is 0.897. The van der Waals surface area contributed by atoms with E-state index in [0.717, 1.165) is 91.0 Å². The van der Waals surface area contributed by atoms with Gasteiger partial charge in [-0.2, -0.15) is 0 Å². The highest BCUT2D eigenvalue weighted by atomic mass is 16.5. The van der Waals surface area contributed by atoms with Crippen LogP contribution in [0.4, 0.5) is 0 Å². The lowest BCUT2D eigenvalue weighted by Crippen LogP contribution is -2.44. The van der Waals surface area contributed by atoms with Crippen molar-refractivity contribution in [2.24, 2.45) is 4.99 Å². The van der Waals surface area contributed by atoms with E-state index in [0.29, 0.717) is 12.1 Å². The van der Waals surface area contributed by atoms with Crippen LogP contribution in [0.3, 0.4) is 0 Å². The number of ether oxygens (including phenoxy) is 3. The van der Waals surface area contributed by atoms with Crippen molar-refractivity contribution in [3.05, 3.63) is 0 Å². The van der Waals surface area contributed by atoms with E-state index >= 15 is 0 Å². The highest BCUT2D eigenvalue weighted by molar-refractivity contribution is 5.79. The Bertz CT molecular complexity index is 369. The molecular weight excluding hydrogens is 320 g/mol. The lowest BCUT2D eigenvalue weighted by Gasteiger charge is -2.31. The first-order valence-corrected chi connectivity index (χ1v) is 9.83. The van der Waals surface area contributed by atoms with E-state index in [2.05, 4.69) is 29.4 Å². The second-order valence-corrected chi connectivity index (χ2v) is 6.68. The lowest BCUT2D eigenvalue weighted by molar-refractivity contribution is -0.0320. The van der Waals surface area contributed by atoms with Crippen molar-refractivity contribution in [3.63, 3.8) is 0 Å². The van der Waals surface area contributed by atoms with Gasteiger partial charge in [-0.25, -0.2) is 0 Å². The molecule has 2 aliphatic heterocycles. The molecule has 0 radical (unpaired) electrons. The van der Waals surface area contributed by atoms with Gasteiger partial charge in [0.15, 0.2) is 5.96 Å². The van der Waals surface area contributed by atoms with Crippen molar-refractivity contribution in [1.29, 1.82) is 0 Å². The summed E-state index contributed by atoms with van der Waals surface area (Å²) >= 11 is 0. The van der Waals surface area contributed by atoms with Gasteiger partial charge in [-0.15, -0.1) is 0 Å². The summed E-state index contributed by atoms with van der Waals surface area (Å²) in [5, 5.41) is 6.73. The van der Waals surface area contributed by atoms with E-state index in [9.17, 15) is 0 Å². The summed E-state index contributed by atoms with van der Waals surface area (Å²) in [7, 11) is 0. The zero-order chi connectivity index (χ0) is 17.7. The van der Waals surface area contributed by atoms with Crippen molar-refractivity contribution in [2.45, 2.75) is 45.3 Å². The normalized spacial score (nSPS) is 21.9. The number of hydrogen-bond acceptors (Lipinski definition) is 5. The van der Waals surface area contributed by atoms with Crippen LogP contribution < -0.4 is 10.6 Å². The second-order valence-electron chi connectivity index (χ2n) is 6.68. The molecule has 1 atom stereocenters. The fourth-order valence-corrected chi connectivity index (χ4v) is 3.07. The van der Waals surface area contributed by atoms with Crippen molar-refractivity contribution in [2.75, 3.05) is 65.8 Å². The Morgan fingerprint density at radius 3 is 2.60 bits per heavy atom. The molecule has 0 aromatic rings. The van der Waals surface area contributed by atoms with Gasteiger partial charge in [-0.3, -0.25) is 9.89 Å². The first-order chi connectivity index (χ1) is 12.3. The van der Waals surface area contributed by atoms with E-state index in [1.54, 1.807) is 0 Å². The van der Waals surface area contributed by atoms with Gasteiger partial charge < -0.3 is 24.8 Å². The van der Waals surface area contributed by atoms with E-state index in [4.69, 9.17) is 19.2 Å². The number of morpholine rings is 1. The van der Waals surface area contributed by atoms with Gasteiger partial charge in [0, 0.05) is 52.0 Å². The zero-order valence-electron chi connectivity index (χ0n) is 16.0. The first-order valence-electron chi connectivity index (χ1n) is 9.83. The Kier molecular flexibility index (Phi) is 10.2. The Morgan fingerprint density at radius 2 is 1.88 bits per heavy atom. The van der Waals surface area contributed by atoms with Gasteiger partial charge >= 0.3 is 0 Å². The van der Waals surface area contributed by atoms with Gasteiger partial charge in [0.2, 0.25) is 0 Å². The van der Waals surface area contributed by atoms with Crippen LogP contribution in [0.25, 0.3) is 0 Å². The van der Waals surface area contributed by atoms with Crippen molar-refractivity contribution >= 4 is 5.96 Å². The second kappa shape index (κ2) is 12.5. The molecule has 0 amide bonds. The quantitative estimate of drug-likeness (QED) is 0.363. The Balaban J connectivity index is 1.61. The minimum Gasteiger partial charge on any atom is -0.381 e. The van der Waals surface area contributed by atoms with Crippen LogP contribution in [-0.4, -0.2) is 88.8 Å². The maximum absolute atomic E-state index is 5.90. The molecule has 0 spiro atoms. The maximum Gasteiger partial charge on any atom is 0.191 e. The molecule has 2 fully saturated rings. The summed E-state index contributed by atoms with van der Waals surface area (Å²) < 4.78 is 16.7. The number of nitrogens with zero attached hydrogens (tertiary/aromatic N) is 2. The number of hydrogen-bond donors (Lipinski definition) is 2. The summed E-state index contributed by atoms with van der Waals surface area (Å²) in [4.78, 5) is 7.17. The molecule has 25 heavy (non-hydrogen) atoms. The van der Waals surface area contributed by atoms with Crippen LogP contribution in [0.2, 0.25) is 0 Å². The van der Waals surface area contributed by atoms with Gasteiger partial charge in [0.05, 0.1) is 25.9 Å². The molecule has 0 saturated carbocycles. The monoisotopic (exact) mass is 356 g/mol. The summed E-state index contributed by atoms with van der Waals surface area (Å²) in [6.45, 7) is 13.0. The third kappa shape index (κ3) is 8.35. The van der Waals surface area contributed by atoms with E-state index in [1.807, 2.05) is 0 Å². The molecular formula is C18H36N4O3. The summed E-state index contributed by atoms with van der Waals surface area (Å²) in [6, 6.07) is 0.441. The highest BCUT2D eigenvalue weighted by Gasteiger charge is 2.16. The Hall–Kier alpha value is -0.890. The average molecular weight is 357 g/mol. The number of guanidine groups is 1. The predicted molar refractivity (Wildman–Crippen MR) is 100 cm³/mol. The fourth-order valence-electron chi connectivity index (χ4n) is 3.07. The van der Waals surface area contributed by atoms with Crippen LogP contribution in [0.1, 0.15) is 33.1 Å². The molecule has 0 aromatic carbocycles. The van der Waals surface area contributed by atoms with Crippen molar-refractivity contribution < 1.29 is 14.2 Å². The standard InChI is InChI=1S/C18H36N4O3/c1-3-19-18(21-15-16(2)22-8-13-24-14-9-22)20-7-4-10-25-17-5-11-23-12-6-17/h16-17H,3-15H2,1-2H3,(H2,19,20,21). The molecule has 2 aliphatic rings. The molecule has 2 heterocycles. The first kappa shape index (κ1) is 20.4. The van der Waals surface area contributed by atoms with Gasteiger partial charge in [-0.05, 0) is 33.1 Å². The molecule has 1 unspecified atom stereocenters. The molecule has 0 aliphatic carbocycles. The molecule has 7 nitrogen and oxygen atoms in total. The number of nitrogens with one attached hydrogen (secondary N) is 2. The minimum atomic E-state index is 0.380. The third-order valence-corrected chi connectivity index (χ3v) is 4.66. The molecule has 0 aromatic heterocycles. The van der Waals surface area contributed by atoms with Crippen LogP contribution >= 0.6 is 0 Å². The Labute approximate surface area is 152 Å². The lowest BCUT2D eigenvalue weighted by atomic mass is 10.1. The smallest absolute Gasteiger partial charge is 0.191 e. The summed E-state index contributed by atoms with van der Waals surface area (Å²) in [5.41, 5.74) is 0. The van der Waals surface area contributed by atoms with E-state index in [1.165, 1.54) is 0 Å². The zero-order valence-corrected chi connectivity index (χ0v) is 16.0. The third-order valence-electron chi connectivity index (χ3n) is 4.66. The number of rotatable bonds is 9. The van der Waals surface area contributed by atoms with E-state index < -0.39 is 0 Å². The Morgan fingerprint density at radius 1 is 1.16 bits per heavy atom. The van der Waals surface area contributed by atoms with E-state index in [-0.39, 0.29) is 0 Å². The maximum atomic E-state index is 5.90. The molecule has 0 bridgehead atoms. The SMILES string of the molecule is CCNC(=NCC(C)N1CCOCC1)NCCCOC1CCOCC1.